The van der Waals surface area contributed by atoms with Gasteiger partial charge in [-0.3, -0.25) is 5.10 Å². The Balaban J connectivity index is 1.50. The molecule has 0 fully saturated rings. The summed E-state index contributed by atoms with van der Waals surface area (Å²) in [6, 6.07) is 12.8. The first kappa shape index (κ1) is 14.9. The molecule has 0 bridgehead atoms. The van der Waals surface area contributed by atoms with E-state index in [0.717, 1.165) is 35.4 Å². The molecule has 0 radical (unpaired) electrons. The van der Waals surface area contributed by atoms with E-state index >= 15 is 0 Å². The van der Waals surface area contributed by atoms with E-state index in [0.29, 0.717) is 11.8 Å². The van der Waals surface area contributed by atoms with Crippen molar-refractivity contribution in [1.29, 1.82) is 0 Å². The van der Waals surface area contributed by atoms with Crippen LogP contribution in [0.5, 0.6) is 0 Å². The topological polar surface area (TPSA) is 94.3 Å². The van der Waals surface area contributed by atoms with Gasteiger partial charge in [-0.05, 0) is 37.0 Å². The van der Waals surface area contributed by atoms with Crippen molar-refractivity contribution in [3.8, 4) is 0 Å². The molecule has 4 aromatic rings. The maximum absolute atomic E-state index is 4.71. The summed E-state index contributed by atoms with van der Waals surface area (Å²) >= 11 is 0. The monoisotopic (exact) mass is 345 g/mol. The zero-order chi connectivity index (χ0) is 17.5. The lowest BCUT2D eigenvalue weighted by atomic mass is 10.1. The zero-order valence-corrected chi connectivity index (χ0v) is 14.4. The molecule has 26 heavy (non-hydrogen) atoms. The molecule has 0 amide bonds. The van der Waals surface area contributed by atoms with Crippen LogP contribution in [0.2, 0.25) is 0 Å². The molecule has 1 atom stereocenters. The number of rotatable bonds is 4. The first-order valence-corrected chi connectivity index (χ1v) is 8.75. The minimum absolute atomic E-state index is 0.264. The Kier molecular flexibility index (Phi) is 3.38. The molecule has 1 aromatic carbocycles. The van der Waals surface area contributed by atoms with E-state index in [-0.39, 0.29) is 6.04 Å². The van der Waals surface area contributed by atoms with Crippen LogP contribution in [-0.2, 0) is 6.42 Å². The van der Waals surface area contributed by atoms with Crippen LogP contribution in [0.15, 0.2) is 42.6 Å². The maximum Gasteiger partial charge on any atom is 0.232 e. The fraction of sp³-hybridized carbons (Fsp3) is 0.211. The van der Waals surface area contributed by atoms with Crippen LogP contribution in [0.4, 0.5) is 17.6 Å². The molecule has 1 aliphatic carbocycles. The minimum Gasteiger partial charge on any atom is -0.363 e. The van der Waals surface area contributed by atoms with Gasteiger partial charge in [0.15, 0.2) is 5.82 Å². The van der Waals surface area contributed by atoms with Crippen LogP contribution in [0.25, 0.3) is 11.0 Å². The largest absolute Gasteiger partial charge is 0.363 e. The number of nitrogens with zero attached hydrogens (tertiary/aromatic N) is 3. The van der Waals surface area contributed by atoms with E-state index in [9.17, 15) is 0 Å². The Morgan fingerprint density at radius 1 is 1.15 bits per heavy atom. The minimum atomic E-state index is 0.264. The molecule has 1 aliphatic rings. The van der Waals surface area contributed by atoms with Crippen LogP contribution in [0.3, 0.4) is 0 Å². The van der Waals surface area contributed by atoms with E-state index in [1.165, 1.54) is 11.1 Å². The highest BCUT2D eigenvalue weighted by Crippen LogP contribution is 2.35. The summed E-state index contributed by atoms with van der Waals surface area (Å²) in [4.78, 5) is 12.4. The van der Waals surface area contributed by atoms with Crippen molar-refractivity contribution < 1.29 is 0 Å². The number of fused-ring (bicyclic) bond motifs is 2. The average molecular weight is 345 g/mol. The molecule has 7 heteroatoms. The van der Waals surface area contributed by atoms with Crippen LogP contribution >= 0.6 is 0 Å². The van der Waals surface area contributed by atoms with Crippen molar-refractivity contribution in [2.75, 3.05) is 10.6 Å². The lowest BCUT2D eigenvalue weighted by Gasteiger charge is -2.16. The Morgan fingerprint density at radius 3 is 2.96 bits per heavy atom. The van der Waals surface area contributed by atoms with Crippen LogP contribution < -0.4 is 10.6 Å². The second-order valence-electron chi connectivity index (χ2n) is 6.63. The Morgan fingerprint density at radius 2 is 2.08 bits per heavy atom. The number of aromatic nitrogens is 5. The molecule has 0 aliphatic heterocycles. The van der Waals surface area contributed by atoms with Crippen molar-refractivity contribution in [3.63, 3.8) is 0 Å². The molecule has 1 unspecified atom stereocenters. The summed E-state index contributed by atoms with van der Waals surface area (Å²) < 4.78 is 0. The molecule has 0 spiro atoms. The maximum atomic E-state index is 4.71. The number of nitrogens with one attached hydrogen (secondary N) is 4. The van der Waals surface area contributed by atoms with E-state index in [1.54, 1.807) is 0 Å². The number of aryl methyl sites for hydroxylation is 2. The van der Waals surface area contributed by atoms with Crippen LogP contribution in [0.1, 0.15) is 29.3 Å². The highest BCUT2D eigenvalue weighted by Gasteiger charge is 2.23. The summed E-state index contributed by atoms with van der Waals surface area (Å²) in [5.41, 5.74) is 4.54. The van der Waals surface area contributed by atoms with E-state index in [2.05, 4.69) is 55.1 Å². The van der Waals surface area contributed by atoms with E-state index in [4.69, 9.17) is 4.98 Å². The van der Waals surface area contributed by atoms with Crippen LogP contribution in [-0.4, -0.2) is 25.1 Å². The number of hydrogen-bond acceptors (Lipinski definition) is 5. The normalized spacial score (nSPS) is 16.0. The smallest absolute Gasteiger partial charge is 0.232 e. The molecule has 5 rings (SSSR count). The van der Waals surface area contributed by atoms with Gasteiger partial charge in [0.2, 0.25) is 5.95 Å². The predicted molar refractivity (Wildman–Crippen MR) is 102 cm³/mol. The predicted octanol–water partition coefficient (Wildman–Crippen LogP) is 3.83. The summed E-state index contributed by atoms with van der Waals surface area (Å²) in [6.45, 7) is 1.96. The zero-order valence-electron chi connectivity index (χ0n) is 14.4. The van der Waals surface area contributed by atoms with Crippen molar-refractivity contribution >= 4 is 28.6 Å². The number of aromatic amines is 2. The number of anilines is 3. The Hall–Kier alpha value is -3.35. The lowest BCUT2D eigenvalue weighted by Crippen LogP contribution is -2.10. The van der Waals surface area contributed by atoms with Crippen molar-refractivity contribution in [2.45, 2.75) is 25.8 Å². The van der Waals surface area contributed by atoms with Gasteiger partial charge >= 0.3 is 0 Å². The standard InChI is InChI=1S/C19H19N7/c1-11-10-16(26-25-11)22-19-23-17-14(8-9-20-17)18(24-19)21-15-7-6-12-4-2-3-5-13(12)15/h2-5,8-10,15H,6-7H2,1H3,(H4,20,21,22,23,24,25,26). The van der Waals surface area contributed by atoms with Gasteiger partial charge in [0.05, 0.1) is 11.4 Å². The summed E-state index contributed by atoms with van der Waals surface area (Å²) in [5, 5.41) is 14.9. The molecule has 7 nitrogen and oxygen atoms in total. The van der Waals surface area contributed by atoms with Gasteiger partial charge in [-0.1, -0.05) is 24.3 Å². The first-order chi connectivity index (χ1) is 12.8. The first-order valence-electron chi connectivity index (χ1n) is 8.75. The number of H-pyrrole nitrogens is 2. The van der Waals surface area contributed by atoms with Gasteiger partial charge in [0, 0.05) is 18.0 Å². The molecular formula is C19H19N7. The van der Waals surface area contributed by atoms with Gasteiger partial charge in [-0.15, -0.1) is 0 Å². The lowest BCUT2D eigenvalue weighted by molar-refractivity contribution is 0.758. The molecule has 3 heterocycles. The third-order valence-corrected chi connectivity index (χ3v) is 4.81. The molecular weight excluding hydrogens is 326 g/mol. The molecule has 130 valence electrons. The van der Waals surface area contributed by atoms with E-state index < -0.39 is 0 Å². The van der Waals surface area contributed by atoms with Gasteiger partial charge in [-0.2, -0.15) is 15.1 Å². The van der Waals surface area contributed by atoms with Crippen molar-refractivity contribution in [3.05, 3.63) is 59.4 Å². The third kappa shape index (κ3) is 2.57. The Bertz CT molecular complexity index is 1080. The fourth-order valence-electron chi connectivity index (χ4n) is 3.58. The van der Waals surface area contributed by atoms with Gasteiger partial charge < -0.3 is 15.6 Å². The second-order valence-corrected chi connectivity index (χ2v) is 6.63. The fourth-order valence-corrected chi connectivity index (χ4v) is 3.58. The summed E-state index contributed by atoms with van der Waals surface area (Å²) in [6.07, 6.45) is 4.04. The van der Waals surface area contributed by atoms with Crippen LogP contribution in [0, 0.1) is 6.92 Å². The molecule has 0 saturated carbocycles. The molecule has 4 N–H and O–H groups in total. The number of hydrogen-bond donors (Lipinski definition) is 4. The van der Waals surface area contributed by atoms with Gasteiger partial charge in [0.1, 0.15) is 11.5 Å². The van der Waals surface area contributed by atoms with Gasteiger partial charge in [0.25, 0.3) is 0 Å². The average Bonchev–Trinajstić information content (AvgIpc) is 3.36. The highest BCUT2D eigenvalue weighted by atomic mass is 15.2. The molecule has 0 saturated heterocycles. The summed E-state index contributed by atoms with van der Waals surface area (Å²) in [5.74, 6) is 2.04. The quantitative estimate of drug-likeness (QED) is 0.451. The third-order valence-electron chi connectivity index (χ3n) is 4.81. The summed E-state index contributed by atoms with van der Waals surface area (Å²) in [7, 11) is 0. The number of benzene rings is 1. The van der Waals surface area contributed by atoms with Gasteiger partial charge in [-0.25, -0.2) is 0 Å². The molecule has 3 aromatic heterocycles. The second kappa shape index (κ2) is 5.87. The van der Waals surface area contributed by atoms with Crippen molar-refractivity contribution in [2.24, 2.45) is 0 Å². The highest BCUT2D eigenvalue weighted by molar-refractivity contribution is 5.88. The van der Waals surface area contributed by atoms with E-state index in [1.807, 2.05) is 25.3 Å². The SMILES string of the molecule is Cc1cc(Nc2nc(NC3CCc4ccccc43)c3cc[nH]c3n2)n[nH]1. The van der Waals surface area contributed by atoms with Crippen molar-refractivity contribution in [1.82, 2.24) is 25.1 Å². The Labute approximate surface area is 150 Å².